The third kappa shape index (κ3) is 3.51. The molecule has 0 atom stereocenters. The van der Waals surface area contributed by atoms with E-state index in [0.717, 1.165) is 0 Å². The van der Waals surface area contributed by atoms with Crippen molar-refractivity contribution in [1.82, 2.24) is 4.98 Å². The summed E-state index contributed by atoms with van der Waals surface area (Å²) in [4.78, 5) is 27.8. The lowest BCUT2D eigenvalue weighted by Crippen LogP contribution is -2.08. The maximum Gasteiger partial charge on any atom is 0.337 e. The highest BCUT2D eigenvalue weighted by atomic mass is 79.9. The predicted octanol–water partition coefficient (Wildman–Crippen LogP) is 3.06. The molecular formula is C15H12BrNO3. The number of pyridine rings is 1. The van der Waals surface area contributed by atoms with Gasteiger partial charge in [-0.1, -0.05) is 18.2 Å². The van der Waals surface area contributed by atoms with Crippen molar-refractivity contribution in [3.63, 3.8) is 0 Å². The van der Waals surface area contributed by atoms with Crippen molar-refractivity contribution < 1.29 is 14.3 Å². The lowest BCUT2D eigenvalue weighted by molar-refractivity contribution is 0.0600. The number of hydrogen-bond donors (Lipinski definition) is 0. The Hall–Kier alpha value is -2.01. The van der Waals surface area contributed by atoms with E-state index in [1.165, 1.54) is 13.2 Å². The summed E-state index contributed by atoms with van der Waals surface area (Å²) >= 11 is 3.26. The van der Waals surface area contributed by atoms with Gasteiger partial charge in [-0.2, -0.15) is 0 Å². The lowest BCUT2D eigenvalue weighted by atomic mass is 10.0. The Labute approximate surface area is 124 Å². The van der Waals surface area contributed by atoms with Crippen LogP contribution in [0.5, 0.6) is 0 Å². The number of Topliss-reactive ketones (excluding diaryl/α,β-unsaturated/α-hetero) is 1. The molecule has 20 heavy (non-hydrogen) atoms. The summed E-state index contributed by atoms with van der Waals surface area (Å²) in [7, 11) is 1.31. The van der Waals surface area contributed by atoms with E-state index < -0.39 is 5.97 Å². The summed E-state index contributed by atoms with van der Waals surface area (Å²) < 4.78 is 5.32. The number of ketones is 1. The standard InChI is InChI=1S/C15H12BrNO3/c1-20-15(19)11-5-2-4-10(8-11)13(18)9-12-6-3-7-14(16)17-12/h2-8H,9H2,1H3. The second-order valence-electron chi connectivity index (χ2n) is 4.12. The minimum Gasteiger partial charge on any atom is -0.465 e. The fourth-order valence-electron chi connectivity index (χ4n) is 1.75. The van der Waals surface area contributed by atoms with Gasteiger partial charge < -0.3 is 4.74 Å². The minimum absolute atomic E-state index is 0.0960. The number of carbonyl (C=O) groups is 2. The fraction of sp³-hybridized carbons (Fsp3) is 0.133. The first-order valence-corrected chi connectivity index (χ1v) is 6.72. The van der Waals surface area contributed by atoms with Gasteiger partial charge in [-0.05, 0) is 40.2 Å². The first-order valence-electron chi connectivity index (χ1n) is 5.93. The zero-order valence-corrected chi connectivity index (χ0v) is 12.4. The zero-order chi connectivity index (χ0) is 14.5. The Balaban J connectivity index is 2.19. The molecule has 0 saturated heterocycles. The molecule has 2 rings (SSSR count). The average molecular weight is 334 g/mol. The predicted molar refractivity (Wildman–Crippen MR) is 77.8 cm³/mol. The van der Waals surface area contributed by atoms with Gasteiger partial charge in [0.2, 0.25) is 0 Å². The van der Waals surface area contributed by atoms with Gasteiger partial charge >= 0.3 is 5.97 Å². The molecule has 5 heteroatoms. The van der Waals surface area contributed by atoms with Crippen molar-refractivity contribution in [2.75, 3.05) is 7.11 Å². The van der Waals surface area contributed by atoms with Crippen LogP contribution in [-0.4, -0.2) is 23.8 Å². The number of esters is 1. The quantitative estimate of drug-likeness (QED) is 0.490. The summed E-state index contributed by atoms with van der Waals surface area (Å²) in [5.74, 6) is -0.554. The highest BCUT2D eigenvalue weighted by Gasteiger charge is 2.12. The Morgan fingerprint density at radius 2 is 1.85 bits per heavy atom. The smallest absolute Gasteiger partial charge is 0.337 e. The summed E-state index contributed by atoms with van der Waals surface area (Å²) in [5, 5.41) is 0. The Morgan fingerprint density at radius 3 is 2.55 bits per heavy atom. The van der Waals surface area contributed by atoms with Gasteiger partial charge in [0.1, 0.15) is 4.60 Å². The van der Waals surface area contributed by atoms with Crippen molar-refractivity contribution in [2.24, 2.45) is 0 Å². The van der Waals surface area contributed by atoms with Crippen molar-refractivity contribution in [1.29, 1.82) is 0 Å². The molecule has 0 aliphatic heterocycles. The van der Waals surface area contributed by atoms with E-state index >= 15 is 0 Å². The SMILES string of the molecule is COC(=O)c1cccc(C(=O)Cc2cccc(Br)n2)c1. The lowest BCUT2D eigenvalue weighted by Gasteiger charge is -2.04. The number of halogens is 1. The first kappa shape index (κ1) is 14.4. The van der Waals surface area contributed by atoms with Gasteiger partial charge in [0.25, 0.3) is 0 Å². The van der Waals surface area contributed by atoms with Crippen LogP contribution < -0.4 is 0 Å². The molecule has 0 unspecified atom stereocenters. The van der Waals surface area contributed by atoms with Crippen LogP contribution in [0, 0.1) is 0 Å². The molecule has 0 bridgehead atoms. The average Bonchev–Trinajstić information content (AvgIpc) is 2.46. The number of carbonyl (C=O) groups excluding carboxylic acids is 2. The van der Waals surface area contributed by atoms with E-state index in [2.05, 4.69) is 25.7 Å². The van der Waals surface area contributed by atoms with E-state index in [1.54, 1.807) is 30.3 Å². The van der Waals surface area contributed by atoms with E-state index in [1.807, 2.05) is 6.07 Å². The van der Waals surface area contributed by atoms with Crippen LogP contribution in [0.15, 0.2) is 47.1 Å². The zero-order valence-electron chi connectivity index (χ0n) is 10.8. The fourth-order valence-corrected chi connectivity index (χ4v) is 2.13. The molecular weight excluding hydrogens is 322 g/mol. The topological polar surface area (TPSA) is 56.3 Å². The summed E-state index contributed by atoms with van der Waals surface area (Å²) in [6.07, 6.45) is 0.185. The first-order chi connectivity index (χ1) is 9.60. The Morgan fingerprint density at radius 1 is 1.15 bits per heavy atom. The van der Waals surface area contributed by atoms with Gasteiger partial charge in [-0.15, -0.1) is 0 Å². The molecule has 0 spiro atoms. The van der Waals surface area contributed by atoms with E-state index in [9.17, 15) is 9.59 Å². The molecule has 1 aromatic carbocycles. The number of ether oxygens (including phenoxy) is 1. The van der Waals surface area contributed by atoms with E-state index in [0.29, 0.717) is 21.4 Å². The molecule has 0 amide bonds. The Kier molecular flexibility index (Phi) is 4.63. The second kappa shape index (κ2) is 6.43. The van der Waals surface area contributed by atoms with Crippen LogP contribution in [-0.2, 0) is 11.2 Å². The van der Waals surface area contributed by atoms with Crippen molar-refractivity contribution >= 4 is 27.7 Å². The maximum atomic E-state index is 12.2. The molecule has 1 aromatic heterocycles. The molecule has 0 radical (unpaired) electrons. The third-order valence-corrected chi connectivity index (χ3v) is 3.16. The van der Waals surface area contributed by atoms with Crippen molar-refractivity contribution in [2.45, 2.75) is 6.42 Å². The van der Waals surface area contributed by atoms with Gasteiger partial charge in [0.05, 0.1) is 19.1 Å². The molecule has 1 heterocycles. The highest BCUT2D eigenvalue weighted by molar-refractivity contribution is 9.10. The minimum atomic E-state index is -0.458. The number of hydrogen-bond acceptors (Lipinski definition) is 4. The molecule has 2 aromatic rings. The van der Waals surface area contributed by atoms with Crippen LogP contribution in [0.1, 0.15) is 26.4 Å². The molecule has 0 aliphatic rings. The van der Waals surface area contributed by atoms with Gasteiger partial charge in [-0.25, -0.2) is 9.78 Å². The summed E-state index contributed by atoms with van der Waals surface area (Å²) in [6, 6.07) is 11.9. The van der Waals surface area contributed by atoms with Gasteiger partial charge in [0, 0.05) is 11.3 Å². The van der Waals surface area contributed by atoms with Crippen LogP contribution in [0.4, 0.5) is 0 Å². The number of aromatic nitrogens is 1. The maximum absolute atomic E-state index is 12.2. The van der Waals surface area contributed by atoms with Gasteiger partial charge in [0.15, 0.2) is 5.78 Å². The summed E-state index contributed by atoms with van der Waals surface area (Å²) in [6.45, 7) is 0. The Bertz CT molecular complexity index is 655. The summed E-state index contributed by atoms with van der Waals surface area (Å²) in [5.41, 5.74) is 1.50. The van der Waals surface area contributed by atoms with E-state index in [-0.39, 0.29) is 12.2 Å². The molecule has 0 aliphatic carbocycles. The number of methoxy groups -OCH3 is 1. The molecule has 0 fully saturated rings. The number of rotatable bonds is 4. The third-order valence-electron chi connectivity index (χ3n) is 2.72. The van der Waals surface area contributed by atoms with Gasteiger partial charge in [-0.3, -0.25) is 4.79 Å². The van der Waals surface area contributed by atoms with Crippen LogP contribution in [0.3, 0.4) is 0 Å². The van der Waals surface area contributed by atoms with Crippen LogP contribution >= 0.6 is 15.9 Å². The van der Waals surface area contributed by atoms with E-state index in [4.69, 9.17) is 0 Å². The largest absolute Gasteiger partial charge is 0.465 e. The van der Waals surface area contributed by atoms with Crippen molar-refractivity contribution in [3.05, 3.63) is 63.9 Å². The highest BCUT2D eigenvalue weighted by Crippen LogP contribution is 2.12. The van der Waals surface area contributed by atoms with Crippen molar-refractivity contribution in [3.8, 4) is 0 Å². The number of nitrogens with zero attached hydrogens (tertiary/aromatic N) is 1. The molecule has 0 N–H and O–H groups in total. The van der Waals surface area contributed by atoms with Crippen LogP contribution in [0.2, 0.25) is 0 Å². The van der Waals surface area contributed by atoms with Crippen LogP contribution in [0.25, 0.3) is 0 Å². The number of benzene rings is 1. The monoisotopic (exact) mass is 333 g/mol. The molecule has 0 saturated carbocycles. The second-order valence-corrected chi connectivity index (χ2v) is 4.94. The molecule has 4 nitrogen and oxygen atoms in total. The normalized spacial score (nSPS) is 10.1. The molecule has 102 valence electrons.